The Bertz CT molecular complexity index is 312. The maximum Gasteiger partial charge on any atom is 0.317 e. The molecule has 1 saturated heterocycles. The second kappa shape index (κ2) is 8.53. The lowest BCUT2D eigenvalue weighted by molar-refractivity contribution is -0.143. The highest BCUT2D eigenvalue weighted by atomic mass is 16.5. The molecule has 108 valence electrons. The van der Waals surface area contributed by atoms with Gasteiger partial charge in [0.2, 0.25) is 0 Å². The normalized spacial score (nSPS) is 16.1. The van der Waals surface area contributed by atoms with Crippen molar-refractivity contribution in [2.75, 3.05) is 32.8 Å². The molecule has 0 aromatic carbocycles. The molecule has 1 aliphatic heterocycles. The summed E-state index contributed by atoms with van der Waals surface area (Å²) in [6, 6.07) is -0.142. The Morgan fingerprint density at radius 2 is 2.05 bits per heavy atom. The van der Waals surface area contributed by atoms with E-state index in [1.165, 1.54) is 0 Å². The molecular weight excluding hydrogens is 248 g/mol. The van der Waals surface area contributed by atoms with Crippen molar-refractivity contribution in [1.82, 2.24) is 10.2 Å². The number of piperidine rings is 1. The van der Waals surface area contributed by atoms with Crippen LogP contribution in [0.2, 0.25) is 0 Å². The molecule has 1 fully saturated rings. The number of rotatable bonds is 7. The molecule has 0 spiro atoms. The van der Waals surface area contributed by atoms with Crippen molar-refractivity contribution in [3.05, 3.63) is 12.7 Å². The zero-order valence-corrected chi connectivity index (χ0v) is 11.1. The summed E-state index contributed by atoms with van der Waals surface area (Å²) in [5.41, 5.74) is 0. The highest BCUT2D eigenvalue weighted by molar-refractivity contribution is 5.75. The van der Waals surface area contributed by atoms with E-state index in [2.05, 4.69) is 11.9 Å². The van der Waals surface area contributed by atoms with Crippen LogP contribution in [0.5, 0.6) is 0 Å². The number of ether oxygens (including phenoxy) is 1. The topological polar surface area (TPSA) is 78.9 Å². The van der Waals surface area contributed by atoms with Gasteiger partial charge >= 0.3 is 12.0 Å². The van der Waals surface area contributed by atoms with Gasteiger partial charge in [-0.3, -0.25) is 4.79 Å². The molecule has 6 nitrogen and oxygen atoms in total. The summed E-state index contributed by atoms with van der Waals surface area (Å²) < 4.78 is 5.28. The first kappa shape index (κ1) is 15.5. The van der Waals surface area contributed by atoms with E-state index < -0.39 is 5.97 Å². The number of carbonyl (C=O) groups excluding carboxylic acids is 1. The van der Waals surface area contributed by atoms with Crippen molar-refractivity contribution < 1.29 is 19.4 Å². The number of aliphatic carboxylic acids is 1. The minimum Gasteiger partial charge on any atom is -0.481 e. The van der Waals surface area contributed by atoms with Crippen LogP contribution in [0, 0.1) is 5.92 Å². The van der Waals surface area contributed by atoms with Gasteiger partial charge in [-0.25, -0.2) is 4.79 Å². The van der Waals surface area contributed by atoms with Crippen LogP contribution in [-0.4, -0.2) is 54.9 Å². The fraction of sp³-hybridized carbons (Fsp3) is 0.692. The molecule has 0 radical (unpaired) electrons. The van der Waals surface area contributed by atoms with Gasteiger partial charge < -0.3 is 20.1 Å². The molecule has 0 aliphatic carbocycles. The van der Waals surface area contributed by atoms with E-state index in [4.69, 9.17) is 9.84 Å². The summed E-state index contributed by atoms with van der Waals surface area (Å²) in [4.78, 5) is 24.2. The van der Waals surface area contributed by atoms with Crippen molar-refractivity contribution in [2.45, 2.75) is 19.3 Å². The van der Waals surface area contributed by atoms with Crippen LogP contribution in [0.15, 0.2) is 12.7 Å². The van der Waals surface area contributed by atoms with Gasteiger partial charge in [0.15, 0.2) is 0 Å². The summed E-state index contributed by atoms with van der Waals surface area (Å²) in [6.45, 7) is 6.15. The molecule has 2 N–H and O–H groups in total. The second-order valence-corrected chi connectivity index (χ2v) is 4.52. The van der Waals surface area contributed by atoms with Crippen molar-refractivity contribution in [1.29, 1.82) is 0 Å². The van der Waals surface area contributed by atoms with Gasteiger partial charge in [-0.15, -0.1) is 6.58 Å². The summed E-state index contributed by atoms with van der Waals surface area (Å²) >= 11 is 0. The van der Waals surface area contributed by atoms with Gasteiger partial charge in [0.05, 0.1) is 19.1 Å². The molecule has 0 unspecified atom stereocenters. The Balaban J connectivity index is 2.10. The predicted octanol–water partition coefficient (Wildman–Crippen LogP) is 1.09. The molecule has 0 aromatic heterocycles. The lowest BCUT2D eigenvalue weighted by Gasteiger charge is -2.30. The zero-order valence-electron chi connectivity index (χ0n) is 11.1. The molecule has 6 heteroatoms. The highest BCUT2D eigenvalue weighted by Gasteiger charge is 2.26. The van der Waals surface area contributed by atoms with E-state index in [-0.39, 0.29) is 11.9 Å². The maximum absolute atomic E-state index is 11.8. The smallest absolute Gasteiger partial charge is 0.317 e. The van der Waals surface area contributed by atoms with Crippen molar-refractivity contribution in [3.63, 3.8) is 0 Å². The van der Waals surface area contributed by atoms with Crippen LogP contribution < -0.4 is 5.32 Å². The molecule has 0 atom stereocenters. The van der Waals surface area contributed by atoms with Gasteiger partial charge in [-0.1, -0.05) is 6.08 Å². The van der Waals surface area contributed by atoms with Crippen LogP contribution in [-0.2, 0) is 9.53 Å². The van der Waals surface area contributed by atoms with Crippen molar-refractivity contribution >= 4 is 12.0 Å². The first-order chi connectivity index (χ1) is 9.15. The van der Waals surface area contributed by atoms with E-state index in [0.29, 0.717) is 45.7 Å². The standard InChI is InChI=1S/C13H22N2O4/c1-2-3-9-19-10-6-14-13(18)15-7-4-11(5-8-15)12(16)17/h2,11H,1,3-10H2,(H,14,18)(H,16,17). The average Bonchev–Trinajstić information content (AvgIpc) is 2.42. The van der Waals surface area contributed by atoms with Crippen LogP contribution in [0.3, 0.4) is 0 Å². The van der Waals surface area contributed by atoms with Gasteiger partial charge in [0, 0.05) is 19.6 Å². The molecule has 2 amide bonds. The molecular formula is C13H22N2O4. The Labute approximate surface area is 113 Å². The molecule has 1 heterocycles. The third-order valence-electron chi connectivity index (χ3n) is 3.12. The van der Waals surface area contributed by atoms with Crippen LogP contribution >= 0.6 is 0 Å². The van der Waals surface area contributed by atoms with E-state index in [1.807, 2.05) is 0 Å². The average molecular weight is 270 g/mol. The third-order valence-corrected chi connectivity index (χ3v) is 3.12. The van der Waals surface area contributed by atoms with E-state index >= 15 is 0 Å². The number of likely N-dealkylation sites (tertiary alicyclic amines) is 1. The largest absolute Gasteiger partial charge is 0.481 e. The number of amides is 2. The SMILES string of the molecule is C=CCCOCCNC(=O)N1CCC(C(=O)O)CC1. The summed E-state index contributed by atoms with van der Waals surface area (Å²) in [5, 5.41) is 11.6. The van der Waals surface area contributed by atoms with Gasteiger partial charge in [0.1, 0.15) is 0 Å². The second-order valence-electron chi connectivity index (χ2n) is 4.52. The van der Waals surface area contributed by atoms with Crippen LogP contribution in [0.4, 0.5) is 4.79 Å². The summed E-state index contributed by atoms with van der Waals surface area (Å²) in [6.07, 6.45) is 3.64. The number of nitrogens with one attached hydrogen (secondary N) is 1. The number of hydrogen-bond acceptors (Lipinski definition) is 3. The Morgan fingerprint density at radius 1 is 1.37 bits per heavy atom. The Hall–Kier alpha value is -1.56. The lowest BCUT2D eigenvalue weighted by Crippen LogP contribution is -2.46. The molecule has 0 saturated carbocycles. The molecule has 0 bridgehead atoms. The summed E-state index contributed by atoms with van der Waals surface area (Å²) in [5.74, 6) is -1.08. The van der Waals surface area contributed by atoms with Crippen molar-refractivity contribution in [3.8, 4) is 0 Å². The molecule has 19 heavy (non-hydrogen) atoms. The quantitative estimate of drug-likeness (QED) is 0.536. The maximum atomic E-state index is 11.8. The van der Waals surface area contributed by atoms with E-state index in [9.17, 15) is 9.59 Å². The molecule has 1 aliphatic rings. The zero-order chi connectivity index (χ0) is 14.1. The summed E-state index contributed by atoms with van der Waals surface area (Å²) in [7, 11) is 0. The van der Waals surface area contributed by atoms with E-state index in [0.717, 1.165) is 6.42 Å². The monoisotopic (exact) mass is 270 g/mol. The fourth-order valence-electron chi connectivity index (χ4n) is 1.94. The third kappa shape index (κ3) is 5.74. The predicted molar refractivity (Wildman–Crippen MR) is 71.0 cm³/mol. The minimum absolute atomic E-state index is 0.142. The number of carboxylic acids is 1. The van der Waals surface area contributed by atoms with Crippen LogP contribution in [0.25, 0.3) is 0 Å². The van der Waals surface area contributed by atoms with Crippen molar-refractivity contribution in [2.24, 2.45) is 5.92 Å². The number of nitrogens with zero attached hydrogens (tertiary/aromatic N) is 1. The Morgan fingerprint density at radius 3 is 2.63 bits per heavy atom. The molecule has 0 aromatic rings. The van der Waals surface area contributed by atoms with Crippen LogP contribution in [0.1, 0.15) is 19.3 Å². The first-order valence-electron chi connectivity index (χ1n) is 6.59. The van der Waals surface area contributed by atoms with Gasteiger partial charge in [-0.2, -0.15) is 0 Å². The number of carbonyl (C=O) groups is 2. The highest BCUT2D eigenvalue weighted by Crippen LogP contribution is 2.16. The number of hydrogen-bond donors (Lipinski definition) is 2. The van der Waals surface area contributed by atoms with E-state index in [1.54, 1.807) is 11.0 Å². The first-order valence-corrected chi connectivity index (χ1v) is 6.59. The Kier molecular flexibility index (Phi) is 6.95. The number of carboxylic acid groups (broad SMARTS) is 1. The van der Waals surface area contributed by atoms with Gasteiger partial charge in [0.25, 0.3) is 0 Å². The minimum atomic E-state index is -0.768. The molecule has 1 rings (SSSR count). The fourth-order valence-corrected chi connectivity index (χ4v) is 1.94. The number of urea groups is 1. The van der Waals surface area contributed by atoms with Gasteiger partial charge in [-0.05, 0) is 19.3 Å². The lowest BCUT2D eigenvalue weighted by atomic mass is 9.97.